The number of aryl methyl sites for hydroxylation is 2. The van der Waals surface area contributed by atoms with Crippen LogP contribution in [-0.2, 0) is 19.3 Å². The van der Waals surface area contributed by atoms with Crippen molar-refractivity contribution in [2.24, 2.45) is 0 Å². The molecule has 0 spiro atoms. The van der Waals surface area contributed by atoms with Crippen molar-refractivity contribution >= 4 is 5.95 Å². The largest absolute Gasteiger partial charge is 0.508 e. The Balaban J connectivity index is 1.92. The highest BCUT2D eigenvalue weighted by Crippen LogP contribution is 2.10. The molecule has 5 nitrogen and oxygen atoms in total. The van der Waals surface area contributed by atoms with Gasteiger partial charge in [-0.15, -0.1) is 5.10 Å². The third-order valence-corrected chi connectivity index (χ3v) is 3.14. The summed E-state index contributed by atoms with van der Waals surface area (Å²) < 4.78 is 0. The molecule has 0 saturated heterocycles. The lowest BCUT2D eigenvalue weighted by atomic mass is 10.1. The monoisotopic (exact) mass is 272 g/mol. The van der Waals surface area contributed by atoms with Gasteiger partial charge in [-0.3, -0.25) is 0 Å². The fraction of sp³-hybridized carbons (Fsp3) is 0.400. The summed E-state index contributed by atoms with van der Waals surface area (Å²) in [4.78, 5) is 4.48. The van der Waals surface area contributed by atoms with Gasteiger partial charge in [0.25, 0.3) is 0 Å². The van der Waals surface area contributed by atoms with E-state index in [2.05, 4.69) is 34.3 Å². The Morgan fingerprint density at radius 3 is 2.35 bits per heavy atom. The number of anilines is 1. The van der Waals surface area contributed by atoms with Gasteiger partial charge in [0.15, 0.2) is 0 Å². The number of benzene rings is 1. The smallest absolute Gasteiger partial charge is 0.242 e. The summed E-state index contributed by atoms with van der Waals surface area (Å²) in [7, 11) is 0. The molecule has 0 unspecified atom stereocenters. The predicted molar refractivity (Wildman–Crippen MR) is 78.9 cm³/mol. The van der Waals surface area contributed by atoms with Crippen LogP contribution in [0.25, 0.3) is 0 Å². The van der Waals surface area contributed by atoms with Crippen molar-refractivity contribution in [3.05, 3.63) is 41.2 Å². The number of aromatic nitrogens is 3. The minimum Gasteiger partial charge on any atom is -0.508 e. The Hall–Kier alpha value is -2.17. The van der Waals surface area contributed by atoms with E-state index in [4.69, 9.17) is 0 Å². The molecule has 0 aliphatic carbocycles. The van der Waals surface area contributed by atoms with Gasteiger partial charge in [-0.2, -0.15) is 5.10 Å². The van der Waals surface area contributed by atoms with E-state index in [1.165, 1.54) is 0 Å². The van der Waals surface area contributed by atoms with Crippen LogP contribution in [0.5, 0.6) is 5.75 Å². The molecule has 2 N–H and O–H groups in total. The third-order valence-electron chi connectivity index (χ3n) is 3.14. The Bertz CT molecular complexity index is 554. The number of hydrogen-bond acceptors (Lipinski definition) is 5. The van der Waals surface area contributed by atoms with Gasteiger partial charge < -0.3 is 10.4 Å². The molecule has 0 saturated carbocycles. The first kappa shape index (κ1) is 14.2. The van der Waals surface area contributed by atoms with E-state index in [0.29, 0.717) is 5.95 Å². The number of phenolic OH excluding ortho intramolecular Hbond substituents is 1. The van der Waals surface area contributed by atoms with Crippen molar-refractivity contribution in [1.82, 2.24) is 15.2 Å². The fourth-order valence-electron chi connectivity index (χ4n) is 1.99. The van der Waals surface area contributed by atoms with Gasteiger partial charge in [-0.05, 0) is 37.0 Å². The van der Waals surface area contributed by atoms with Crippen molar-refractivity contribution in [2.45, 2.75) is 33.1 Å². The lowest BCUT2D eigenvalue weighted by Gasteiger charge is -2.08. The first-order valence-electron chi connectivity index (χ1n) is 6.97. The maximum absolute atomic E-state index is 9.22. The van der Waals surface area contributed by atoms with Crippen LogP contribution in [0, 0.1) is 0 Å². The number of hydrogen-bond donors (Lipinski definition) is 2. The summed E-state index contributed by atoms with van der Waals surface area (Å²) >= 11 is 0. The number of phenols is 1. The minimum atomic E-state index is 0.289. The van der Waals surface area contributed by atoms with Gasteiger partial charge in [0.2, 0.25) is 5.95 Å². The molecule has 1 heterocycles. The molecule has 2 aromatic rings. The lowest BCUT2D eigenvalue weighted by molar-refractivity contribution is 0.475. The molecular formula is C15H20N4O. The van der Waals surface area contributed by atoms with Crippen LogP contribution in [-0.4, -0.2) is 26.8 Å². The van der Waals surface area contributed by atoms with Gasteiger partial charge in [-0.25, -0.2) is 4.98 Å². The molecule has 20 heavy (non-hydrogen) atoms. The van der Waals surface area contributed by atoms with E-state index in [9.17, 15) is 5.11 Å². The topological polar surface area (TPSA) is 70.9 Å². The van der Waals surface area contributed by atoms with Crippen LogP contribution in [0.4, 0.5) is 5.95 Å². The SMILES string of the molecule is CCc1nnc(NCCc2ccc(O)cc2)nc1CC. The van der Waals surface area contributed by atoms with Crippen LogP contribution in [0.3, 0.4) is 0 Å². The third kappa shape index (κ3) is 3.66. The van der Waals surface area contributed by atoms with Crippen LogP contribution in [0.15, 0.2) is 24.3 Å². The summed E-state index contributed by atoms with van der Waals surface area (Å²) in [5.74, 6) is 0.870. The molecule has 2 rings (SSSR count). The molecule has 106 valence electrons. The molecule has 0 fully saturated rings. The van der Waals surface area contributed by atoms with Crippen molar-refractivity contribution in [2.75, 3.05) is 11.9 Å². The zero-order valence-electron chi connectivity index (χ0n) is 11.9. The zero-order valence-corrected chi connectivity index (χ0v) is 11.9. The van der Waals surface area contributed by atoms with E-state index in [1.54, 1.807) is 12.1 Å². The van der Waals surface area contributed by atoms with Gasteiger partial charge in [-0.1, -0.05) is 26.0 Å². The second-order valence-electron chi connectivity index (χ2n) is 4.58. The van der Waals surface area contributed by atoms with E-state index in [0.717, 1.165) is 42.8 Å². The summed E-state index contributed by atoms with van der Waals surface area (Å²) in [6.45, 7) is 4.87. The van der Waals surface area contributed by atoms with Crippen LogP contribution < -0.4 is 5.32 Å². The van der Waals surface area contributed by atoms with Gasteiger partial charge in [0.1, 0.15) is 5.75 Å². The Kier molecular flexibility index (Phi) is 4.87. The molecule has 0 atom stereocenters. The zero-order chi connectivity index (χ0) is 14.4. The Morgan fingerprint density at radius 1 is 1.00 bits per heavy atom. The van der Waals surface area contributed by atoms with E-state index < -0.39 is 0 Å². The maximum atomic E-state index is 9.22. The second-order valence-corrected chi connectivity index (χ2v) is 4.58. The summed E-state index contributed by atoms with van der Waals surface area (Å²) in [5, 5.41) is 20.7. The van der Waals surface area contributed by atoms with E-state index in [-0.39, 0.29) is 5.75 Å². The summed E-state index contributed by atoms with van der Waals surface area (Å²) in [5.41, 5.74) is 3.13. The molecular weight excluding hydrogens is 252 g/mol. The fourth-order valence-corrected chi connectivity index (χ4v) is 1.99. The molecule has 5 heteroatoms. The second kappa shape index (κ2) is 6.84. The molecule has 1 aromatic heterocycles. The molecule has 0 amide bonds. The molecule has 1 aromatic carbocycles. The Morgan fingerprint density at radius 2 is 1.70 bits per heavy atom. The normalized spacial score (nSPS) is 10.5. The number of nitrogens with zero attached hydrogens (tertiary/aromatic N) is 3. The van der Waals surface area contributed by atoms with Crippen molar-refractivity contribution < 1.29 is 5.11 Å². The van der Waals surface area contributed by atoms with Crippen LogP contribution in [0.2, 0.25) is 0 Å². The number of nitrogens with one attached hydrogen (secondary N) is 1. The quantitative estimate of drug-likeness (QED) is 0.844. The summed E-state index contributed by atoms with van der Waals surface area (Å²) in [6, 6.07) is 7.21. The van der Waals surface area contributed by atoms with E-state index >= 15 is 0 Å². The average molecular weight is 272 g/mol. The first-order chi connectivity index (χ1) is 9.72. The van der Waals surface area contributed by atoms with Gasteiger partial charge in [0.05, 0.1) is 11.4 Å². The van der Waals surface area contributed by atoms with Gasteiger partial charge >= 0.3 is 0 Å². The van der Waals surface area contributed by atoms with Crippen LogP contribution in [0.1, 0.15) is 30.8 Å². The molecule has 0 aliphatic heterocycles. The molecule has 0 radical (unpaired) electrons. The highest BCUT2D eigenvalue weighted by atomic mass is 16.3. The average Bonchev–Trinajstić information content (AvgIpc) is 2.49. The lowest BCUT2D eigenvalue weighted by Crippen LogP contribution is -2.11. The highest BCUT2D eigenvalue weighted by molar-refractivity contribution is 5.29. The molecule has 0 aliphatic rings. The standard InChI is InChI=1S/C15H20N4O/c1-3-13-14(4-2)18-19-15(17-13)16-10-9-11-5-7-12(20)8-6-11/h5-8,20H,3-4,9-10H2,1-2H3,(H,16,17,19). The molecule has 0 bridgehead atoms. The van der Waals surface area contributed by atoms with Crippen molar-refractivity contribution in [1.29, 1.82) is 0 Å². The van der Waals surface area contributed by atoms with Crippen LogP contribution >= 0.6 is 0 Å². The number of rotatable bonds is 6. The Labute approximate surface area is 119 Å². The maximum Gasteiger partial charge on any atom is 0.242 e. The van der Waals surface area contributed by atoms with Crippen molar-refractivity contribution in [3.63, 3.8) is 0 Å². The minimum absolute atomic E-state index is 0.289. The number of aromatic hydroxyl groups is 1. The summed E-state index contributed by atoms with van der Waals surface area (Å²) in [6.07, 6.45) is 2.57. The van der Waals surface area contributed by atoms with Gasteiger partial charge in [0, 0.05) is 6.54 Å². The highest BCUT2D eigenvalue weighted by Gasteiger charge is 2.05. The first-order valence-corrected chi connectivity index (χ1v) is 6.97. The van der Waals surface area contributed by atoms with Crippen molar-refractivity contribution in [3.8, 4) is 5.75 Å². The van der Waals surface area contributed by atoms with E-state index in [1.807, 2.05) is 12.1 Å². The predicted octanol–water partition coefficient (Wildman–Crippen LogP) is 2.36.